The van der Waals surface area contributed by atoms with Crippen molar-refractivity contribution in [1.82, 2.24) is 14.9 Å². The molecule has 2 rings (SSSR count). The van der Waals surface area contributed by atoms with E-state index >= 15 is 0 Å². The summed E-state index contributed by atoms with van der Waals surface area (Å²) < 4.78 is 2.03. The average molecular weight is 317 g/mol. The Morgan fingerprint density at radius 3 is 2.50 bits per heavy atom. The predicted molar refractivity (Wildman–Crippen MR) is 91.9 cm³/mol. The molecule has 0 radical (unpaired) electrons. The largest absolute Gasteiger partial charge is 0.351 e. The van der Waals surface area contributed by atoms with Gasteiger partial charge in [-0.1, -0.05) is 42.1 Å². The van der Waals surface area contributed by atoms with Crippen LogP contribution in [0.2, 0.25) is 0 Å². The van der Waals surface area contributed by atoms with Crippen molar-refractivity contribution in [3.8, 4) is 11.3 Å². The third kappa shape index (κ3) is 4.13. The van der Waals surface area contributed by atoms with Crippen molar-refractivity contribution >= 4 is 17.7 Å². The van der Waals surface area contributed by atoms with Gasteiger partial charge in [0.25, 0.3) is 0 Å². The van der Waals surface area contributed by atoms with E-state index in [1.165, 1.54) is 11.8 Å². The molecule has 5 heteroatoms. The fourth-order valence-corrected chi connectivity index (χ4v) is 2.91. The summed E-state index contributed by atoms with van der Waals surface area (Å²) >= 11 is 1.47. The molecular formula is C17H23N3OS. The number of thioether (sulfide) groups is 1. The Bertz CT molecular complexity index is 644. The minimum absolute atomic E-state index is 0.0294. The first-order valence-corrected chi connectivity index (χ1v) is 8.22. The van der Waals surface area contributed by atoms with E-state index in [0.29, 0.717) is 0 Å². The van der Waals surface area contributed by atoms with E-state index < -0.39 is 0 Å². The molecule has 1 aromatic carbocycles. The van der Waals surface area contributed by atoms with E-state index in [1.807, 2.05) is 63.7 Å². The van der Waals surface area contributed by atoms with Gasteiger partial charge >= 0.3 is 0 Å². The molecule has 1 atom stereocenters. The summed E-state index contributed by atoms with van der Waals surface area (Å²) in [6, 6.07) is 10.1. The number of rotatable bonds is 4. The maximum atomic E-state index is 12.2. The second-order valence-electron chi connectivity index (χ2n) is 6.35. The number of carbonyl (C=O) groups is 1. The lowest BCUT2D eigenvalue weighted by Crippen LogP contribution is -2.44. The van der Waals surface area contributed by atoms with Crippen LogP contribution in [0.4, 0.5) is 0 Å². The second-order valence-corrected chi connectivity index (χ2v) is 7.66. The lowest BCUT2D eigenvalue weighted by atomic mass is 10.1. The molecule has 0 saturated carbocycles. The van der Waals surface area contributed by atoms with Crippen molar-refractivity contribution in [3.63, 3.8) is 0 Å². The van der Waals surface area contributed by atoms with Crippen molar-refractivity contribution in [3.05, 3.63) is 36.5 Å². The molecule has 1 heterocycles. The minimum Gasteiger partial charge on any atom is -0.351 e. The minimum atomic E-state index is -0.220. The Labute approximate surface area is 136 Å². The summed E-state index contributed by atoms with van der Waals surface area (Å²) in [5.74, 6) is 0.0294. The third-order valence-electron chi connectivity index (χ3n) is 3.16. The lowest BCUT2D eigenvalue weighted by Gasteiger charge is -2.22. The van der Waals surface area contributed by atoms with Gasteiger partial charge in [-0.2, -0.15) is 0 Å². The van der Waals surface area contributed by atoms with Gasteiger partial charge < -0.3 is 9.88 Å². The van der Waals surface area contributed by atoms with Crippen molar-refractivity contribution in [2.75, 3.05) is 0 Å². The Hall–Kier alpha value is -1.75. The standard InChI is InChI=1S/C17H23N3OS/c1-12(15(21)19-17(2,3)4)22-16-18-11-14(20(16)5)13-9-7-6-8-10-13/h6-12H,1-5H3,(H,19,21). The van der Waals surface area contributed by atoms with Crippen molar-refractivity contribution < 1.29 is 4.79 Å². The number of benzene rings is 1. The lowest BCUT2D eigenvalue weighted by molar-refractivity contribution is -0.121. The second kappa shape index (κ2) is 6.57. The molecule has 1 amide bonds. The van der Waals surface area contributed by atoms with Crippen molar-refractivity contribution in [2.45, 2.75) is 43.6 Å². The average Bonchev–Trinajstić information content (AvgIpc) is 2.79. The van der Waals surface area contributed by atoms with Gasteiger partial charge in [0.1, 0.15) is 0 Å². The number of nitrogens with zero attached hydrogens (tertiary/aromatic N) is 2. The molecule has 1 unspecified atom stereocenters. The molecule has 0 aliphatic heterocycles. The first kappa shape index (κ1) is 16.6. The maximum Gasteiger partial charge on any atom is 0.233 e. The molecule has 1 N–H and O–H groups in total. The molecule has 0 bridgehead atoms. The van der Waals surface area contributed by atoms with Crippen LogP contribution in [-0.2, 0) is 11.8 Å². The molecule has 0 fully saturated rings. The maximum absolute atomic E-state index is 12.2. The van der Waals surface area contributed by atoms with E-state index in [4.69, 9.17) is 0 Å². The van der Waals surface area contributed by atoms with E-state index in [-0.39, 0.29) is 16.7 Å². The fraction of sp³-hybridized carbons (Fsp3) is 0.412. The van der Waals surface area contributed by atoms with Crippen molar-refractivity contribution in [1.29, 1.82) is 0 Å². The van der Waals surface area contributed by atoms with Gasteiger partial charge in [0.05, 0.1) is 17.1 Å². The summed E-state index contributed by atoms with van der Waals surface area (Å²) in [7, 11) is 1.98. The molecule has 4 nitrogen and oxygen atoms in total. The number of nitrogens with one attached hydrogen (secondary N) is 1. The van der Waals surface area contributed by atoms with Gasteiger partial charge in [-0.25, -0.2) is 4.98 Å². The number of carbonyl (C=O) groups excluding carboxylic acids is 1. The highest BCUT2D eigenvalue weighted by Gasteiger charge is 2.22. The molecule has 22 heavy (non-hydrogen) atoms. The quantitative estimate of drug-likeness (QED) is 0.878. The van der Waals surface area contributed by atoms with E-state index in [9.17, 15) is 4.79 Å². The van der Waals surface area contributed by atoms with Crippen LogP contribution >= 0.6 is 11.8 Å². The first-order valence-electron chi connectivity index (χ1n) is 7.34. The SMILES string of the molecule is CC(Sc1ncc(-c2ccccc2)n1C)C(=O)NC(C)(C)C. The predicted octanol–water partition coefficient (Wildman–Crippen LogP) is 3.48. The topological polar surface area (TPSA) is 46.9 Å². The van der Waals surface area contributed by atoms with Crippen LogP contribution in [0.3, 0.4) is 0 Å². The van der Waals surface area contributed by atoms with Gasteiger partial charge in [0, 0.05) is 12.6 Å². The first-order chi connectivity index (χ1) is 10.3. The van der Waals surface area contributed by atoms with Crippen molar-refractivity contribution in [2.24, 2.45) is 7.05 Å². The number of hydrogen-bond donors (Lipinski definition) is 1. The van der Waals surface area contributed by atoms with Crippen LogP contribution in [0.25, 0.3) is 11.3 Å². The summed E-state index contributed by atoms with van der Waals surface area (Å²) in [4.78, 5) is 16.6. The molecular weight excluding hydrogens is 294 g/mol. The highest BCUT2D eigenvalue weighted by molar-refractivity contribution is 8.00. The smallest absolute Gasteiger partial charge is 0.233 e. The number of hydrogen-bond acceptors (Lipinski definition) is 3. The molecule has 2 aromatic rings. The van der Waals surface area contributed by atoms with Gasteiger partial charge in [-0.05, 0) is 33.3 Å². The normalized spacial score (nSPS) is 13.0. The zero-order valence-corrected chi connectivity index (χ0v) is 14.6. The van der Waals surface area contributed by atoms with Gasteiger partial charge in [-0.3, -0.25) is 4.79 Å². The summed E-state index contributed by atoms with van der Waals surface area (Å²) in [5.41, 5.74) is 1.95. The van der Waals surface area contributed by atoms with Gasteiger partial charge in [-0.15, -0.1) is 0 Å². The highest BCUT2D eigenvalue weighted by Crippen LogP contribution is 2.27. The van der Waals surface area contributed by atoms with E-state index in [2.05, 4.69) is 22.4 Å². The van der Waals surface area contributed by atoms with Crippen LogP contribution < -0.4 is 5.32 Å². The van der Waals surface area contributed by atoms with Gasteiger partial charge in [0.2, 0.25) is 5.91 Å². The molecule has 0 aliphatic rings. The fourth-order valence-electron chi connectivity index (χ4n) is 2.06. The summed E-state index contributed by atoms with van der Waals surface area (Å²) in [6.45, 7) is 7.85. The number of amides is 1. The third-order valence-corrected chi connectivity index (χ3v) is 4.32. The Morgan fingerprint density at radius 1 is 1.27 bits per heavy atom. The van der Waals surface area contributed by atoms with Crippen LogP contribution in [0.5, 0.6) is 0 Å². The Kier molecular flexibility index (Phi) is 4.96. The summed E-state index contributed by atoms with van der Waals surface area (Å²) in [5, 5.41) is 3.65. The summed E-state index contributed by atoms with van der Waals surface area (Å²) in [6.07, 6.45) is 1.85. The molecule has 1 aromatic heterocycles. The molecule has 0 saturated heterocycles. The zero-order chi connectivity index (χ0) is 16.3. The van der Waals surface area contributed by atoms with Crippen LogP contribution in [-0.4, -0.2) is 26.2 Å². The highest BCUT2D eigenvalue weighted by atomic mass is 32.2. The Balaban J connectivity index is 2.12. The molecule has 118 valence electrons. The molecule has 0 spiro atoms. The van der Waals surface area contributed by atoms with Crippen LogP contribution in [0.1, 0.15) is 27.7 Å². The van der Waals surface area contributed by atoms with Crippen LogP contribution in [0.15, 0.2) is 41.7 Å². The molecule has 0 aliphatic carbocycles. The van der Waals surface area contributed by atoms with Crippen LogP contribution in [0, 0.1) is 0 Å². The van der Waals surface area contributed by atoms with E-state index in [0.717, 1.165) is 16.4 Å². The monoisotopic (exact) mass is 317 g/mol. The van der Waals surface area contributed by atoms with E-state index in [1.54, 1.807) is 0 Å². The Morgan fingerprint density at radius 2 is 1.91 bits per heavy atom. The van der Waals surface area contributed by atoms with Gasteiger partial charge in [0.15, 0.2) is 5.16 Å². The zero-order valence-electron chi connectivity index (χ0n) is 13.8. The number of imidazole rings is 1. The number of aromatic nitrogens is 2.